The number of benzene rings is 2. The predicted molar refractivity (Wildman–Crippen MR) is 122 cm³/mol. The molecule has 0 aliphatic carbocycles. The molecule has 0 radical (unpaired) electrons. The van der Waals surface area contributed by atoms with Crippen molar-refractivity contribution in [2.24, 2.45) is 5.73 Å². The number of aliphatic hydroxyl groups is 1. The average molecular weight is 502 g/mol. The highest BCUT2D eigenvalue weighted by Crippen LogP contribution is 2.37. The lowest BCUT2D eigenvalue weighted by molar-refractivity contribution is -0.154. The molecule has 5 N–H and O–H groups in total. The standard InChI is InChI=1S/C23H23N3O8S/c24-17(14-6-8-16(28)9-7-14)20(29)25-18-21(30)26-19(15(10-27)12-35(32,33)22(18)26)23(31)34-11-13-4-2-1-3-5-13/h1-9,17-18,22,27-28H,10-12,24H2,(H,25,29)/t17?,18-,22-/m0/s1. The van der Waals surface area contributed by atoms with E-state index in [9.17, 15) is 33.0 Å². The topological polar surface area (TPSA) is 176 Å². The number of hydrogen-bond acceptors (Lipinski definition) is 9. The van der Waals surface area contributed by atoms with Crippen LogP contribution in [0.1, 0.15) is 17.2 Å². The zero-order valence-electron chi connectivity index (χ0n) is 18.3. The van der Waals surface area contributed by atoms with E-state index >= 15 is 0 Å². The summed E-state index contributed by atoms with van der Waals surface area (Å²) in [6, 6.07) is 11.5. The van der Waals surface area contributed by atoms with Crippen molar-refractivity contribution in [1.82, 2.24) is 10.2 Å². The molecule has 2 aromatic rings. The van der Waals surface area contributed by atoms with E-state index in [2.05, 4.69) is 5.32 Å². The van der Waals surface area contributed by atoms with Crippen LogP contribution >= 0.6 is 0 Å². The number of amides is 2. The van der Waals surface area contributed by atoms with E-state index in [-0.39, 0.29) is 23.6 Å². The lowest BCUT2D eigenvalue weighted by atomic mass is 10.0. The number of hydrogen-bond donors (Lipinski definition) is 4. The number of phenols is 1. The molecule has 0 spiro atoms. The Bertz CT molecular complexity index is 1290. The summed E-state index contributed by atoms with van der Waals surface area (Å²) in [5, 5.41) is 19.9. The number of carbonyl (C=O) groups is 3. The Hall–Kier alpha value is -3.74. The van der Waals surface area contributed by atoms with Gasteiger partial charge in [-0.25, -0.2) is 13.2 Å². The van der Waals surface area contributed by atoms with Gasteiger partial charge < -0.3 is 26.0 Å². The largest absolute Gasteiger partial charge is 0.508 e. The van der Waals surface area contributed by atoms with Gasteiger partial charge in [0.05, 0.1) is 12.4 Å². The lowest BCUT2D eigenvalue weighted by Crippen LogP contribution is -2.75. The SMILES string of the molecule is NC(C(=O)N[C@H]1C(=O)N2C(C(=O)OCc3ccccc3)=C(CO)CS(=O)(=O)[C@@H]12)c1ccc(O)cc1. The molecule has 0 aromatic heterocycles. The number of phenolic OH excluding ortho intramolecular Hbond substituents is 1. The van der Waals surface area contributed by atoms with E-state index in [0.717, 1.165) is 4.90 Å². The van der Waals surface area contributed by atoms with Gasteiger partial charge in [-0.05, 0) is 23.3 Å². The van der Waals surface area contributed by atoms with Crippen LogP contribution < -0.4 is 11.1 Å². The number of aromatic hydroxyl groups is 1. The van der Waals surface area contributed by atoms with Crippen molar-refractivity contribution >= 4 is 27.6 Å². The first-order valence-corrected chi connectivity index (χ1v) is 12.3. The van der Waals surface area contributed by atoms with Gasteiger partial charge in [0.2, 0.25) is 5.91 Å². The second-order valence-electron chi connectivity index (χ2n) is 8.13. The molecule has 1 unspecified atom stereocenters. The van der Waals surface area contributed by atoms with Crippen LogP contribution in [0, 0.1) is 0 Å². The molecule has 35 heavy (non-hydrogen) atoms. The number of aliphatic hydroxyl groups excluding tert-OH is 1. The summed E-state index contributed by atoms with van der Waals surface area (Å²) in [4.78, 5) is 39.1. The lowest BCUT2D eigenvalue weighted by Gasteiger charge is -2.49. The fraction of sp³-hybridized carbons (Fsp3) is 0.261. The highest BCUT2D eigenvalue weighted by molar-refractivity contribution is 7.92. The number of sulfone groups is 1. The summed E-state index contributed by atoms with van der Waals surface area (Å²) in [6.07, 6.45) is 0. The molecule has 184 valence electrons. The fourth-order valence-electron chi connectivity index (χ4n) is 4.00. The van der Waals surface area contributed by atoms with E-state index in [1.807, 2.05) is 0 Å². The molecule has 3 atom stereocenters. The molecule has 2 aliphatic heterocycles. The monoisotopic (exact) mass is 501 g/mol. The maximum absolute atomic E-state index is 12.9. The molecule has 0 saturated carbocycles. The summed E-state index contributed by atoms with van der Waals surface area (Å²) in [7, 11) is -4.05. The Morgan fingerprint density at radius 2 is 1.80 bits per heavy atom. The molecule has 12 heteroatoms. The molecule has 2 aromatic carbocycles. The van der Waals surface area contributed by atoms with Crippen molar-refractivity contribution in [3.63, 3.8) is 0 Å². The Labute approximate surface area is 200 Å². The predicted octanol–water partition coefficient (Wildman–Crippen LogP) is -0.537. The molecule has 4 rings (SSSR count). The molecule has 2 heterocycles. The quantitative estimate of drug-likeness (QED) is 0.287. The van der Waals surface area contributed by atoms with Gasteiger partial charge in [-0.1, -0.05) is 42.5 Å². The van der Waals surface area contributed by atoms with Crippen LogP contribution in [0.15, 0.2) is 65.9 Å². The van der Waals surface area contributed by atoms with Crippen molar-refractivity contribution in [2.45, 2.75) is 24.1 Å². The summed E-state index contributed by atoms with van der Waals surface area (Å²) in [6.45, 7) is -0.892. The van der Waals surface area contributed by atoms with E-state index in [1.165, 1.54) is 24.3 Å². The number of fused-ring (bicyclic) bond motifs is 1. The van der Waals surface area contributed by atoms with Crippen LogP contribution in [0.3, 0.4) is 0 Å². The minimum Gasteiger partial charge on any atom is -0.508 e. The first kappa shape index (κ1) is 24.4. The van der Waals surface area contributed by atoms with Crippen LogP contribution in [0.5, 0.6) is 5.75 Å². The molecule has 2 amide bonds. The van der Waals surface area contributed by atoms with Crippen LogP contribution in [0.25, 0.3) is 0 Å². The number of carbonyl (C=O) groups excluding carboxylic acids is 3. The van der Waals surface area contributed by atoms with Crippen LogP contribution in [0.4, 0.5) is 0 Å². The maximum Gasteiger partial charge on any atom is 0.355 e. The second kappa shape index (κ2) is 9.49. The van der Waals surface area contributed by atoms with Crippen LogP contribution in [0.2, 0.25) is 0 Å². The summed E-state index contributed by atoms with van der Waals surface area (Å²) < 4.78 is 31.0. The summed E-state index contributed by atoms with van der Waals surface area (Å²) >= 11 is 0. The number of nitrogens with two attached hydrogens (primary N) is 1. The number of rotatable bonds is 7. The first-order chi connectivity index (χ1) is 16.6. The third-order valence-electron chi connectivity index (χ3n) is 5.79. The minimum absolute atomic E-state index is 0.0300. The van der Waals surface area contributed by atoms with Gasteiger partial charge in [0.15, 0.2) is 15.2 Å². The van der Waals surface area contributed by atoms with E-state index in [1.54, 1.807) is 30.3 Å². The van der Waals surface area contributed by atoms with Crippen LogP contribution in [-0.2, 0) is 35.6 Å². The molecular formula is C23H23N3O8S. The Morgan fingerprint density at radius 1 is 1.14 bits per heavy atom. The molecular weight excluding hydrogens is 478 g/mol. The number of β-lactam (4-membered cyclic amide) rings is 1. The van der Waals surface area contributed by atoms with Gasteiger partial charge in [0.1, 0.15) is 30.1 Å². The maximum atomic E-state index is 12.9. The average Bonchev–Trinajstić information content (AvgIpc) is 2.85. The van der Waals surface area contributed by atoms with Gasteiger partial charge >= 0.3 is 5.97 Å². The first-order valence-electron chi connectivity index (χ1n) is 10.6. The molecule has 1 saturated heterocycles. The number of esters is 1. The van der Waals surface area contributed by atoms with Crippen molar-refractivity contribution in [3.8, 4) is 5.75 Å². The van der Waals surface area contributed by atoms with Gasteiger partial charge in [-0.3, -0.25) is 14.5 Å². The van der Waals surface area contributed by atoms with Crippen molar-refractivity contribution in [3.05, 3.63) is 77.0 Å². The smallest absolute Gasteiger partial charge is 0.355 e. The van der Waals surface area contributed by atoms with Gasteiger partial charge in [0.25, 0.3) is 5.91 Å². The number of nitrogens with one attached hydrogen (secondary N) is 1. The van der Waals surface area contributed by atoms with Gasteiger partial charge in [-0.2, -0.15) is 0 Å². The summed E-state index contributed by atoms with van der Waals surface area (Å²) in [5.74, 6) is -3.32. The second-order valence-corrected chi connectivity index (χ2v) is 10.2. The minimum atomic E-state index is -4.05. The molecule has 11 nitrogen and oxygen atoms in total. The molecule has 1 fully saturated rings. The van der Waals surface area contributed by atoms with E-state index in [4.69, 9.17) is 10.5 Å². The Kier molecular flexibility index (Phi) is 6.61. The van der Waals surface area contributed by atoms with Crippen molar-refractivity contribution in [2.75, 3.05) is 12.4 Å². The van der Waals surface area contributed by atoms with E-state index in [0.29, 0.717) is 11.1 Å². The Morgan fingerprint density at radius 3 is 2.43 bits per heavy atom. The molecule has 0 bridgehead atoms. The van der Waals surface area contributed by atoms with E-state index < -0.39 is 57.4 Å². The zero-order valence-corrected chi connectivity index (χ0v) is 19.1. The van der Waals surface area contributed by atoms with Crippen LogP contribution in [-0.4, -0.2) is 65.1 Å². The van der Waals surface area contributed by atoms with Gasteiger partial charge in [0, 0.05) is 5.57 Å². The summed E-state index contributed by atoms with van der Waals surface area (Å²) in [5.41, 5.74) is 6.42. The molecule has 2 aliphatic rings. The number of ether oxygens (including phenoxy) is 1. The number of nitrogens with zero attached hydrogens (tertiary/aromatic N) is 1. The Balaban J connectivity index is 1.54. The highest BCUT2D eigenvalue weighted by Gasteiger charge is 2.60. The van der Waals surface area contributed by atoms with Crippen molar-refractivity contribution in [1.29, 1.82) is 0 Å². The van der Waals surface area contributed by atoms with Gasteiger partial charge in [-0.15, -0.1) is 0 Å². The van der Waals surface area contributed by atoms with Crippen molar-refractivity contribution < 1.29 is 37.8 Å². The zero-order chi connectivity index (χ0) is 25.3. The highest BCUT2D eigenvalue weighted by atomic mass is 32.2. The third kappa shape index (κ3) is 4.63. The normalized spacial score (nSPS) is 21.5. The third-order valence-corrected chi connectivity index (χ3v) is 7.76. The fourth-order valence-corrected chi connectivity index (χ4v) is 6.01.